The van der Waals surface area contributed by atoms with Gasteiger partial charge in [-0.15, -0.1) is 0 Å². The number of nitrogens with zero attached hydrogens (tertiary/aromatic N) is 1. The summed E-state index contributed by atoms with van der Waals surface area (Å²) in [6.07, 6.45) is 0.495. The Labute approximate surface area is 197 Å². The number of nitrogens with one attached hydrogen (secondary N) is 2. The summed E-state index contributed by atoms with van der Waals surface area (Å²) in [6.45, 7) is 3.26. The number of hydrogen-bond acceptors (Lipinski definition) is 4. The van der Waals surface area contributed by atoms with Crippen LogP contribution in [0, 0.1) is 0 Å². The van der Waals surface area contributed by atoms with E-state index in [2.05, 4.69) is 10.6 Å². The Kier molecular flexibility index (Phi) is 6.14. The summed E-state index contributed by atoms with van der Waals surface area (Å²) in [5.74, 6) is -0.483. The van der Waals surface area contributed by atoms with Crippen LogP contribution in [0.5, 0.6) is 0 Å². The molecule has 3 aromatic carbocycles. The van der Waals surface area contributed by atoms with Gasteiger partial charge in [-0.3, -0.25) is 13.9 Å². The first-order valence-electron chi connectivity index (χ1n) is 10.3. The number of anilines is 3. The van der Waals surface area contributed by atoms with E-state index in [1.165, 1.54) is 23.4 Å². The first-order valence-corrected chi connectivity index (χ1v) is 12.1. The van der Waals surface area contributed by atoms with E-state index in [9.17, 15) is 18.0 Å². The van der Waals surface area contributed by atoms with Gasteiger partial charge in [0.15, 0.2) is 0 Å². The van der Waals surface area contributed by atoms with Crippen LogP contribution < -0.4 is 14.9 Å². The number of hydrogen-bond donors (Lipinski definition) is 2. The smallest absolute Gasteiger partial charge is 0.264 e. The number of sulfonamides is 1. The molecule has 4 rings (SSSR count). The summed E-state index contributed by atoms with van der Waals surface area (Å²) in [5, 5.41) is 5.95. The molecule has 2 amide bonds. The van der Waals surface area contributed by atoms with E-state index in [1.54, 1.807) is 54.6 Å². The normalized spacial score (nSPS) is 15.1. The minimum atomic E-state index is -3.77. The molecule has 0 bridgehead atoms. The zero-order valence-corrected chi connectivity index (χ0v) is 19.6. The van der Waals surface area contributed by atoms with Crippen molar-refractivity contribution < 1.29 is 18.0 Å². The molecule has 9 heteroatoms. The summed E-state index contributed by atoms with van der Waals surface area (Å²) in [4.78, 5) is 24.1. The van der Waals surface area contributed by atoms with Gasteiger partial charge >= 0.3 is 0 Å². The van der Waals surface area contributed by atoms with E-state index < -0.39 is 10.0 Å². The molecule has 1 atom stereocenters. The van der Waals surface area contributed by atoms with Gasteiger partial charge in [-0.2, -0.15) is 0 Å². The fraction of sp³-hybridized carbons (Fsp3) is 0.167. The van der Waals surface area contributed by atoms with Crippen LogP contribution in [0.4, 0.5) is 17.1 Å². The average Bonchev–Trinajstić information content (AvgIpc) is 3.10. The molecule has 0 fully saturated rings. The highest BCUT2D eigenvalue weighted by Gasteiger charge is 2.36. The first kappa shape index (κ1) is 22.8. The van der Waals surface area contributed by atoms with Gasteiger partial charge in [0.25, 0.3) is 15.9 Å². The summed E-state index contributed by atoms with van der Waals surface area (Å²) in [6, 6.07) is 17.6. The predicted molar refractivity (Wildman–Crippen MR) is 129 cm³/mol. The third-order valence-electron chi connectivity index (χ3n) is 5.33. The second kappa shape index (κ2) is 8.88. The number of fused-ring (bicyclic) bond motifs is 1. The molecule has 0 aliphatic carbocycles. The van der Waals surface area contributed by atoms with E-state index in [-0.39, 0.29) is 22.8 Å². The van der Waals surface area contributed by atoms with Crippen molar-refractivity contribution in [2.75, 3.05) is 14.9 Å². The molecular formula is C24H22ClN3O4S. The van der Waals surface area contributed by atoms with E-state index in [1.807, 2.05) is 6.92 Å². The molecule has 1 aliphatic rings. The second-order valence-electron chi connectivity index (χ2n) is 7.86. The van der Waals surface area contributed by atoms with Gasteiger partial charge in [-0.25, -0.2) is 8.42 Å². The highest BCUT2D eigenvalue weighted by Crippen LogP contribution is 2.37. The zero-order valence-electron chi connectivity index (χ0n) is 18.0. The lowest BCUT2D eigenvalue weighted by Crippen LogP contribution is -2.35. The van der Waals surface area contributed by atoms with Crippen molar-refractivity contribution in [2.45, 2.75) is 31.2 Å². The lowest BCUT2D eigenvalue weighted by molar-refractivity contribution is -0.114. The Morgan fingerprint density at radius 3 is 2.15 bits per heavy atom. The molecular weight excluding hydrogens is 462 g/mol. The van der Waals surface area contributed by atoms with Crippen LogP contribution in [0.1, 0.15) is 29.8 Å². The SMILES string of the molecule is CC(=O)Nc1ccc(NC(=O)c2ccc3c(c2)C[C@H](C)N3S(=O)(=O)c2ccc(Cl)cc2)cc1. The number of rotatable bonds is 5. The summed E-state index contributed by atoms with van der Waals surface area (Å²) in [7, 11) is -3.77. The number of amides is 2. The lowest BCUT2D eigenvalue weighted by atomic mass is 10.1. The molecule has 1 heterocycles. The van der Waals surface area contributed by atoms with Crippen LogP contribution in [0.3, 0.4) is 0 Å². The van der Waals surface area contributed by atoms with Crippen molar-refractivity contribution in [3.05, 3.63) is 82.9 Å². The monoisotopic (exact) mass is 483 g/mol. The molecule has 0 unspecified atom stereocenters. The summed E-state index contributed by atoms with van der Waals surface area (Å²) < 4.78 is 27.9. The number of carbonyl (C=O) groups excluding carboxylic acids is 2. The van der Waals surface area contributed by atoms with Crippen LogP contribution in [-0.4, -0.2) is 26.3 Å². The van der Waals surface area contributed by atoms with Crippen molar-refractivity contribution in [2.24, 2.45) is 0 Å². The molecule has 0 aromatic heterocycles. The Morgan fingerprint density at radius 1 is 0.939 bits per heavy atom. The lowest BCUT2D eigenvalue weighted by Gasteiger charge is -2.24. The highest BCUT2D eigenvalue weighted by molar-refractivity contribution is 7.92. The van der Waals surface area contributed by atoms with Gasteiger partial charge < -0.3 is 10.6 Å². The molecule has 33 heavy (non-hydrogen) atoms. The molecule has 170 valence electrons. The Balaban J connectivity index is 1.55. The number of carbonyl (C=O) groups is 2. The summed E-state index contributed by atoms with van der Waals surface area (Å²) in [5.41, 5.74) is 2.99. The van der Waals surface area contributed by atoms with E-state index in [0.717, 1.165) is 5.56 Å². The summed E-state index contributed by atoms with van der Waals surface area (Å²) >= 11 is 5.90. The van der Waals surface area contributed by atoms with E-state index >= 15 is 0 Å². The fourth-order valence-corrected chi connectivity index (χ4v) is 5.69. The van der Waals surface area contributed by atoms with Crippen molar-refractivity contribution >= 4 is 50.5 Å². The van der Waals surface area contributed by atoms with Crippen LogP contribution in [0.25, 0.3) is 0 Å². The molecule has 3 aromatic rings. The Morgan fingerprint density at radius 2 is 1.55 bits per heavy atom. The van der Waals surface area contributed by atoms with Crippen molar-refractivity contribution in [1.82, 2.24) is 0 Å². The Bertz CT molecular complexity index is 1320. The third-order valence-corrected chi connectivity index (χ3v) is 7.52. The van der Waals surface area contributed by atoms with Crippen LogP contribution in [-0.2, 0) is 21.2 Å². The van der Waals surface area contributed by atoms with Gasteiger partial charge in [-0.05, 0) is 85.6 Å². The van der Waals surface area contributed by atoms with E-state index in [4.69, 9.17) is 11.6 Å². The third kappa shape index (κ3) is 4.72. The van der Waals surface area contributed by atoms with Gasteiger partial charge in [0, 0.05) is 34.9 Å². The van der Waals surface area contributed by atoms with Gasteiger partial charge in [-0.1, -0.05) is 11.6 Å². The molecule has 7 nitrogen and oxygen atoms in total. The number of benzene rings is 3. The largest absolute Gasteiger partial charge is 0.326 e. The van der Waals surface area contributed by atoms with Gasteiger partial charge in [0.05, 0.1) is 10.6 Å². The van der Waals surface area contributed by atoms with Crippen LogP contribution >= 0.6 is 11.6 Å². The minimum absolute atomic E-state index is 0.163. The van der Waals surface area contributed by atoms with E-state index in [0.29, 0.717) is 34.1 Å². The van der Waals surface area contributed by atoms with Crippen LogP contribution in [0.15, 0.2) is 71.6 Å². The van der Waals surface area contributed by atoms with Crippen LogP contribution in [0.2, 0.25) is 5.02 Å². The molecule has 0 radical (unpaired) electrons. The Hall–Kier alpha value is -3.36. The second-order valence-corrected chi connectivity index (χ2v) is 10.1. The van der Waals surface area contributed by atoms with Gasteiger partial charge in [0.2, 0.25) is 5.91 Å². The van der Waals surface area contributed by atoms with Crippen molar-refractivity contribution in [3.8, 4) is 0 Å². The zero-order chi connectivity index (χ0) is 23.8. The van der Waals surface area contributed by atoms with Crippen molar-refractivity contribution in [3.63, 3.8) is 0 Å². The van der Waals surface area contributed by atoms with Crippen molar-refractivity contribution in [1.29, 1.82) is 0 Å². The van der Waals surface area contributed by atoms with Gasteiger partial charge in [0.1, 0.15) is 0 Å². The highest BCUT2D eigenvalue weighted by atomic mass is 35.5. The standard InChI is InChI=1S/C24H22ClN3O4S/c1-15-13-18-14-17(24(30)27-21-8-6-20(7-9-21)26-16(2)29)3-12-23(18)28(15)33(31,32)22-10-4-19(25)5-11-22/h3-12,14-15H,13H2,1-2H3,(H,26,29)(H,27,30)/t15-/m0/s1. The predicted octanol–water partition coefficient (Wildman–Crippen LogP) is 4.69. The fourth-order valence-electron chi connectivity index (χ4n) is 3.87. The maximum Gasteiger partial charge on any atom is 0.264 e. The maximum atomic E-state index is 13.3. The average molecular weight is 484 g/mol. The topological polar surface area (TPSA) is 95.6 Å². The number of halogens is 1. The first-order chi connectivity index (χ1) is 15.6. The molecule has 1 aliphatic heterocycles. The molecule has 0 spiro atoms. The molecule has 0 saturated carbocycles. The molecule has 0 saturated heterocycles. The molecule has 2 N–H and O–H groups in total. The minimum Gasteiger partial charge on any atom is -0.326 e. The maximum absolute atomic E-state index is 13.3. The quantitative estimate of drug-likeness (QED) is 0.550.